The highest BCUT2D eigenvalue weighted by Gasteiger charge is 2.19. The molecule has 0 bridgehead atoms. The fourth-order valence-corrected chi connectivity index (χ4v) is 1.59. The number of carboxylic acids is 1. The summed E-state index contributed by atoms with van der Waals surface area (Å²) in [4.78, 5) is 22.6. The Kier molecular flexibility index (Phi) is 6.36. The SMILES string of the molecule is CCCCC(NC(=O)COc1ccc(O)cc1)C(=O)O. The average molecular weight is 281 g/mol. The molecule has 0 fully saturated rings. The number of carbonyl (C=O) groups is 2. The number of phenols is 1. The number of phenolic OH excluding ortho intramolecular Hbond substituents is 1. The second-order valence-corrected chi connectivity index (χ2v) is 4.38. The number of carboxylic acid groups (broad SMARTS) is 1. The van der Waals surface area contributed by atoms with E-state index in [9.17, 15) is 9.59 Å². The molecule has 0 radical (unpaired) electrons. The minimum absolute atomic E-state index is 0.104. The van der Waals surface area contributed by atoms with Crippen LogP contribution in [0.15, 0.2) is 24.3 Å². The van der Waals surface area contributed by atoms with E-state index in [0.29, 0.717) is 12.2 Å². The minimum atomic E-state index is -1.04. The monoisotopic (exact) mass is 281 g/mol. The molecule has 6 nitrogen and oxygen atoms in total. The van der Waals surface area contributed by atoms with Gasteiger partial charge in [0, 0.05) is 0 Å². The van der Waals surface area contributed by atoms with Crippen molar-refractivity contribution in [1.82, 2.24) is 5.32 Å². The average Bonchev–Trinajstić information content (AvgIpc) is 2.42. The van der Waals surface area contributed by atoms with Gasteiger partial charge < -0.3 is 20.3 Å². The van der Waals surface area contributed by atoms with Gasteiger partial charge in [-0.3, -0.25) is 4.79 Å². The number of unbranched alkanes of at least 4 members (excludes halogenated alkanes) is 1. The largest absolute Gasteiger partial charge is 0.508 e. The van der Waals surface area contributed by atoms with Crippen molar-refractivity contribution >= 4 is 11.9 Å². The van der Waals surface area contributed by atoms with Gasteiger partial charge in [-0.05, 0) is 30.7 Å². The lowest BCUT2D eigenvalue weighted by Crippen LogP contribution is -2.42. The summed E-state index contributed by atoms with van der Waals surface area (Å²) in [6.45, 7) is 1.69. The molecule has 1 rings (SSSR count). The second kappa shape index (κ2) is 8.04. The third kappa shape index (κ3) is 5.60. The molecule has 1 unspecified atom stereocenters. The molecule has 0 saturated heterocycles. The van der Waals surface area contributed by atoms with Crippen molar-refractivity contribution in [2.75, 3.05) is 6.61 Å². The van der Waals surface area contributed by atoms with Crippen molar-refractivity contribution in [2.45, 2.75) is 32.2 Å². The van der Waals surface area contributed by atoms with E-state index in [0.717, 1.165) is 12.8 Å². The van der Waals surface area contributed by atoms with Gasteiger partial charge in [0.2, 0.25) is 0 Å². The lowest BCUT2D eigenvalue weighted by Gasteiger charge is -2.14. The van der Waals surface area contributed by atoms with E-state index < -0.39 is 17.9 Å². The zero-order valence-electron chi connectivity index (χ0n) is 11.3. The number of hydrogen-bond acceptors (Lipinski definition) is 4. The van der Waals surface area contributed by atoms with Gasteiger partial charge in [-0.25, -0.2) is 4.79 Å². The Morgan fingerprint density at radius 1 is 1.30 bits per heavy atom. The third-order valence-electron chi connectivity index (χ3n) is 2.69. The summed E-state index contributed by atoms with van der Waals surface area (Å²) in [6, 6.07) is 5.04. The molecule has 1 aromatic carbocycles. The van der Waals surface area contributed by atoms with Crippen LogP contribution < -0.4 is 10.1 Å². The highest BCUT2D eigenvalue weighted by atomic mass is 16.5. The van der Waals surface area contributed by atoms with Crippen molar-refractivity contribution in [3.8, 4) is 11.5 Å². The molecule has 1 amide bonds. The number of hydrogen-bond donors (Lipinski definition) is 3. The summed E-state index contributed by atoms with van der Waals surface area (Å²) in [5, 5.41) is 20.5. The van der Waals surface area contributed by atoms with Crippen LogP contribution in [0, 0.1) is 0 Å². The van der Waals surface area contributed by atoms with E-state index in [1.807, 2.05) is 6.92 Å². The number of benzene rings is 1. The molecule has 0 aliphatic rings. The Morgan fingerprint density at radius 3 is 2.50 bits per heavy atom. The van der Waals surface area contributed by atoms with Crippen molar-refractivity contribution in [2.24, 2.45) is 0 Å². The van der Waals surface area contributed by atoms with Crippen molar-refractivity contribution in [1.29, 1.82) is 0 Å². The quantitative estimate of drug-likeness (QED) is 0.671. The lowest BCUT2D eigenvalue weighted by atomic mass is 10.1. The summed E-state index contributed by atoms with van der Waals surface area (Å²) in [5.41, 5.74) is 0. The first-order chi connectivity index (χ1) is 9.52. The molecule has 0 aromatic heterocycles. The zero-order chi connectivity index (χ0) is 15.0. The number of amides is 1. The molecule has 0 saturated carbocycles. The Labute approximate surface area is 117 Å². The molecule has 0 heterocycles. The highest BCUT2D eigenvalue weighted by molar-refractivity contribution is 5.84. The second-order valence-electron chi connectivity index (χ2n) is 4.38. The van der Waals surface area contributed by atoms with Gasteiger partial charge in [0.25, 0.3) is 5.91 Å². The van der Waals surface area contributed by atoms with Gasteiger partial charge in [0.15, 0.2) is 6.61 Å². The van der Waals surface area contributed by atoms with Crippen LogP contribution in [0.2, 0.25) is 0 Å². The lowest BCUT2D eigenvalue weighted by molar-refractivity contribution is -0.142. The topological polar surface area (TPSA) is 95.9 Å². The molecule has 1 aromatic rings. The van der Waals surface area contributed by atoms with E-state index in [1.54, 1.807) is 0 Å². The van der Waals surface area contributed by atoms with E-state index in [2.05, 4.69) is 5.32 Å². The zero-order valence-corrected chi connectivity index (χ0v) is 11.3. The molecule has 0 aliphatic carbocycles. The first-order valence-electron chi connectivity index (χ1n) is 6.47. The summed E-state index contributed by atoms with van der Waals surface area (Å²) >= 11 is 0. The fourth-order valence-electron chi connectivity index (χ4n) is 1.59. The fraction of sp³-hybridized carbons (Fsp3) is 0.429. The predicted molar refractivity (Wildman–Crippen MR) is 72.7 cm³/mol. The number of rotatable bonds is 8. The first kappa shape index (κ1) is 15.8. The maximum absolute atomic E-state index is 11.6. The van der Waals surface area contributed by atoms with Gasteiger partial charge >= 0.3 is 5.97 Å². The van der Waals surface area contributed by atoms with E-state index in [-0.39, 0.29) is 12.4 Å². The van der Waals surface area contributed by atoms with Crippen molar-refractivity contribution in [3.63, 3.8) is 0 Å². The smallest absolute Gasteiger partial charge is 0.326 e. The van der Waals surface area contributed by atoms with Crippen LogP contribution in [0.4, 0.5) is 0 Å². The third-order valence-corrected chi connectivity index (χ3v) is 2.69. The molecule has 20 heavy (non-hydrogen) atoms. The van der Waals surface area contributed by atoms with Crippen LogP contribution in [-0.2, 0) is 9.59 Å². The Morgan fingerprint density at radius 2 is 1.95 bits per heavy atom. The van der Waals surface area contributed by atoms with Crippen molar-refractivity contribution < 1.29 is 24.5 Å². The highest BCUT2D eigenvalue weighted by Crippen LogP contribution is 2.15. The maximum Gasteiger partial charge on any atom is 0.326 e. The Bertz CT molecular complexity index is 443. The van der Waals surface area contributed by atoms with E-state index in [1.165, 1.54) is 24.3 Å². The van der Waals surface area contributed by atoms with E-state index >= 15 is 0 Å². The van der Waals surface area contributed by atoms with Crippen molar-refractivity contribution in [3.05, 3.63) is 24.3 Å². The molecule has 110 valence electrons. The number of aliphatic carboxylic acids is 1. The van der Waals surface area contributed by atoms with Gasteiger partial charge in [-0.1, -0.05) is 19.8 Å². The number of aromatic hydroxyl groups is 1. The Hall–Kier alpha value is -2.24. The number of carbonyl (C=O) groups excluding carboxylic acids is 1. The van der Waals surface area contributed by atoms with Crippen LogP contribution in [0.1, 0.15) is 26.2 Å². The molecule has 0 spiro atoms. The van der Waals surface area contributed by atoms with E-state index in [4.69, 9.17) is 14.9 Å². The van der Waals surface area contributed by atoms with Crippen LogP contribution in [-0.4, -0.2) is 34.7 Å². The summed E-state index contributed by atoms with van der Waals surface area (Å²) in [6.07, 6.45) is 2.00. The van der Waals surface area contributed by atoms with Crippen LogP contribution in [0.25, 0.3) is 0 Å². The normalized spacial score (nSPS) is 11.7. The van der Waals surface area contributed by atoms with Gasteiger partial charge in [0.05, 0.1) is 0 Å². The molecule has 0 aliphatic heterocycles. The molecular formula is C14H19NO5. The van der Waals surface area contributed by atoms with Gasteiger partial charge in [0.1, 0.15) is 17.5 Å². The summed E-state index contributed by atoms with van der Waals surface area (Å²) < 4.78 is 5.19. The van der Waals surface area contributed by atoms with Gasteiger partial charge in [-0.2, -0.15) is 0 Å². The molecule has 1 atom stereocenters. The van der Waals surface area contributed by atoms with Crippen LogP contribution in [0.3, 0.4) is 0 Å². The van der Waals surface area contributed by atoms with Crippen LogP contribution >= 0.6 is 0 Å². The van der Waals surface area contributed by atoms with Crippen LogP contribution in [0.5, 0.6) is 11.5 Å². The molecule has 3 N–H and O–H groups in total. The summed E-state index contributed by atoms with van der Waals surface area (Å²) in [7, 11) is 0. The Balaban J connectivity index is 2.41. The maximum atomic E-state index is 11.6. The minimum Gasteiger partial charge on any atom is -0.508 e. The number of nitrogens with one attached hydrogen (secondary N) is 1. The first-order valence-corrected chi connectivity index (χ1v) is 6.47. The predicted octanol–water partition coefficient (Wildman–Crippen LogP) is 1.53. The molecular weight excluding hydrogens is 262 g/mol. The number of ether oxygens (including phenoxy) is 1. The van der Waals surface area contributed by atoms with Gasteiger partial charge in [-0.15, -0.1) is 0 Å². The summed E-state index contributed by atoms with van der Waals surface area (Å²) in [5.74, 6) is -0.997. The standard InChI is InChI=1S/C14H19NO5/c1-2-3-4-12(14(18)19)15-13(17)9-20-11-7-5-10(16)6-8-11/h5-8,12,16H,2-4,9H2,1H3,(H,15,17)(H,18,19). The molecule has 6 heteroatoms.